The fraction of sp³-hybridized carbons (Fsp3) is 0.235. The Labute approximate surface area is 156 Å². The summed E-state index contributed by atoms with van der Waals surface area (Å²) in [7, 11) is -3.31. The molecule has 1 heterocycles. The van der Waals surface area contributed by atoms with Crippen LogP contribution in [0.3, 0.4) is 0 Å². The van der Waals surface area contributed by atoms with E-state index < -0.39 is 10.0 Å². The van der Waals surface area contributed by atoms with Gasteiger partial charge in [0.05, 0.1) is 22.5 Å². The summed E-state index contributed by atoms with van der Waals surface area (Å²) in [5.74, 6) is -0.350. The van der Waals surface area contributed by atoms with Crippen LogP contribution < -0.4 is 9.62 Å². The van der Waals surface area contributed by atoms with E-state index in [1.807, 2.05) is 0 Å². The van der Waals surface area contributed by atoms with Crippen molar-refractivity contribution < 1.29 is 13.2 Å². The molecule has 2 aromatic rings. The number of carbonyl (C=O) groups excluding carboxylic acids is 1. The Kier molecular flexibility index (Phi) is 4.95. The van der Waals surface area contributed by atoms with Gasteiger partial charge in [0.25, 0.3) is 5.91 Å². The molecule has 1 aliphatic rings. The van der Waals surface area contributed by atoms with Gasteiger partial charge in [-0.15, -0.1) is 0 Å². The number of halogens is 2. The largest absolute Gasteiger partial charge is 0.322 e. The van der Waals surface area contributed by atoms with Crippen LogP contribution >= 0.6 is 23.2 Å². The van der Waals surface area contributed by atoms with E-state index in [-0.39, 0.29) is 10.9 Å². The fourth-order valence-corrected chi connectivity index (χ4v) is 4.35. The van der Waals surface area contributed by atoms with E-state index in [4.69, 9.17) is 23.2 Å². The van der Waals surface area contributed by atoms with Crippen LogP contribution in [0.1, 0.15) is 22.3 Å². The minimum atomic E-state index is -3.31. The molecule has 1 aliphatic heterocycles. The van der Waals surface area contributed by atoms with Crippen molar-refractivity contribution >= 4 is 50.5 Å². The number of rotatable bonds is 3. The molecule has 2 aromatic carbocycles. The summed E-state index contributed by atoms with van der Waals surface area (Å²) < 4.78 is 25.2. The number of nitrogens with zero attached hydrogens (tertiary/aromatic N) is 1. The SMILES string of the molecule is CS(=O)(=O)N1CCCc2cc(NC(=O)c3ccc(Cl)cc3Cl)ccc21. The number of hydrogen-bond donors (Lipinski definition) is 1. The number of anilines is 2. The summed E-state index contributed by atoms with van der Waals surface area (Å²) in [5.41, 5.74) is 2.46. The standard InChI is InChI=1S/C17H16Cl2N2O3S/c1-25(23,24)21-8-2-3-11-9-13(5-7-16(11)21)20-17(22)14-6-4-12(18)10-15(14)19/h4-7,9-10H,2-3,8H2,1H3,(H,20,22). The molecule has 0 aromatic heterocycles. The lowest BCUT2D eigenvalue weighted by molar-refractivity contribution is 0.102. The van der Waals surface area contributed by atoms with Gasteiger partial charge in [0, 0.05) is 17.3 Å². The van der Waals surface area contributed by atoms with Crippen molar-refractivity contribution in [3.63, 3.8) is 0 Å². The lowest BCUT2D eigenvalue weighted by Crippen LogP contribution is -2.34. The maximum absolute atomic E-state index is 12.4. The molecule has 8 heteroatoms. The maximum atomic E-state index is 12.4. The molecule has 0 spiro atoms. The van der Waals surface area contributed by atoms with Crippen LogP contribution in [0.4, 0.5) is 11.4 Å². The Morgan fingerprint density at radius 2 is 1.92 bits per heavy atom. The van der Waals surface area contributed by atoms with E-state index >= 15 is 0 Å². The summed E-state index contributed by atoms with van der Waals surface area (Å²) in [5, 5.41) is 3.51. The summed E-state index contributed by atoms with van der Waals surface area (Å²) in [6, 6.07) is 9.87. The lowest BCUT2D eigenvalue weighted by Gasteiger charge is -2.29. The molecule has 1 amide bonds. The lowest BCUT2D eigenvalue weighted by atomic mass is 10.0. The number of amides is 1. The minimum absolute atomic E-state index is 0.270. The Hall–Kier alpha value is -1.76. The van der Waals surface area contributed by atoms with Crippen LogP contribution in [-0.4, -0.2) is 27.1 Å². The van der Waals surface area contributed by atoms with Gasteiger partial charge in [-0.3, -0.25) is 9.10 Å². The van der Waals surface area contributed by atoms with Crippen LogP contribution in [0.2, 0.25) is 10.0 Å². The molecule has 0 atom stereocenters. The van der Waals surface area contributed by atoms with Crippen molar-refractivity contribution in [2.75, 3.05) is 22.4 Å². The maximum Gasteiger partial charge on any atom is 0.257 e. The second-order valence-electron chi connectivity index (χ2n) is 5.86. The van der Waals surface area contributed by atoms with E-state index in [0.717, 1.165) is 18.4 Å². The highest BCUT2D eigenvalue weighted by molar-refractivity contribution is 7.92. The molecule has 132 valence electrons. The van der Waals surface area contributed by atoms with Crippen LogP contribution in [0.25, 0.3) is 0 Å². The van der Waals surface area contributed by atoms with E-state index in [9.17, 15) is 13.2 Å². The average molecular weight is 399 g/mol. The van der Waals surface area contributed by atoms with Crippen LogP contribution in [0.15, 0.2) is 36.4 Å². The van der Waals surface area contributed by atoms with Crippen molar-refractivity contribution in [1.82, 2.24) is 0 Å². The highest BCUT2D eigenvalue weighted by atomic mass is 35.5. The van der Waals surface area contributed by atoms with Crippen LogP contribution in [0.5, 0.6) is 0 Å². The molecule has 3 rings (SSSR count). The Bertz CT molecular complexity index is 945. The molecule has 0 saturated carbocycles. The van der Waals surface area contributed by atoms with Crippen molar-refractivity contribution in [3.05, 3.63) is 57.6 Å². The topological polar surface area (TPSA) is 66.5 Å². The van der Waals surface area contributed by atoms with Gasteiger partial charge >= 0.3 is 0 Å². The van der Waals surface area contributed by atoms with Gasteiger partial charge in [-0.05, 0) is 54.8 Å². The summed E-state index contributed by atoms with van der Waals surface area (Å²) in [4.78, 5) is 12.4. The number of carbonyl (C=O) groups is 1. The third-order valence-electron chi connectivity index (χ3n) is 3.99. The second kappa shape index (κ2) is 6.86. The zero-order valence-corrected chi connectivity index (χ0v) is 15.7. The number of benzene rings is 2. The van der Waals surface area contributed by atoms with Gasteiger partial charge in [-0.2, -0.15) is 0 Å². The number of sulfonamides is 1. The third kappa shape index (κ3) is 3.92. The Morgan fingerprint density at radius 1 is 1.16 bits per heavy atom. The molecule has 0 fully saturated rings. The Morgan fingerprint density at radius 3 is 2.60 bits per heavy atom. The summed E-state index contributed by atoms with van der Waals surface area (Å²) in [6.07, 6.45) is 2.69. The number of nitrogens with one attached hydrogen (secondary N) is 1. The molecule has 5 nitrogen and oxygen atoms in total. The van der Waals surface area contributed by atoms with Gasteiger partial charge in [-0.25, -0.2) is 8.42 Å². The van der Waals surface area contributed by atoms with Gasteiger partial charge in [0.15, 0.2) is 0 Å². The third-order valence-corrected chi connectivity index (χ3v) is 5.72. The normalized spacial score (nSPS) is 14.1. The van der Waals surface area contributed by atoms with Crippen molar-refractivity contribution in [2.24, 2.45) is 0 Å². The second-order valence-corrected chi connectivity index (χ2v) is 8.61. The fourth-order valence-electron chi connectivity index (χ4n) is 2.86. The van der Waals surface area contributed by atoms with Crippen LogP contribution in [-0.2, 0) is 16.4 Å². The van der Waals surface area contributed by atoms with Gasteiger partial charge in [0.2, 0.25) is 10.0 Å². The van der Waals surface area contributed by atoms with Crippen molar-refractivity contribution in [1.29, 1.82) is 0 Å². The van der Waals surface area contributed by atoms with Gasteiger partial charge < -0.3 is 5.32 Å². The monoisotopic (exact) mass is 398 g/mol. The highest BCUT2D eigenvalue weighted by Gasteiger charge is 2.24. The van der Waals surface area contributed by atoms with Crippen molar-refractivity contribution in [3.8, 4) is 0 Å². The predicted molar refractivity (Wildman–Crippen MR) is 101 cm³/mol. The molecule has 25 heavy (non-hydrogen) atoms. The van der Waals surface area contributed by atoms with E-state index in [2.05, 4.69) is 5.32 Å². The smallest absolute Gasteiger partial charge is 0.257 e. The summed E-state index contributed by atoms with van der Waals surface area (Å²) in [6.45, 7) is 0.470. The minimum Gasteiger partial charge on any atom is -0.322 e. The molecular weight excluding hydrogens is 383 g/mol. The van der Waals surface area contributed by atoms with E-state index in [0.29, 0.717) is 28.5 Å². The molecule has 0 unspecified atom stereocenters. The Balaban J connectivity index is 1.86. The zero-order chi connectivity index (χ0) is 18.2. The van der Waals surface area contributed by atoms with E-state index in [1.165, 1.54) is 16.6 Å². The number of hydrogen-bond acceptors (Lipinski definition) is 3. The van der Waals surface area contributed by atoms with Crippen molar-refractivity contribution in [2.45, 2.75) is 12.8 Å². The highest BCUT2D eigenvalue weighted by Crippen LogP contribution is 2.31. The zero-order valence-electron chi connectivity index (χ0n) is 13.4. The molecule has 0 radical (unpaired) electrons. The average Bonchev–Trinajstić information content (AvgIpc) is 2.53. The quantitative estimate of drug-likeness (QED) is 0.850. The molecule has 0 bridgehead atoms. The van der Waals surface area contributed by atoms with Crippen LogP contribution in [0, 0.1) is 0 Å². The van der Waals surface area contributed by atoms with Gasteiger partial charge in [0.1, 0.15) is 0 Å². The first-order chi connectivity index (χ1) is 11.8. The predicted octanol–water partition coefficient (Wildman–Crippen LogP) is 3.96. The van der Waals surface area contributed by atoms with E-state index in [1.54, 1.807) is 30.3 Å². The molecular formula is C17H16Cl2N2O3S. The van der Waals surface area contributed by atoms with Gasteiger partial charge in [-0.1, -0.05) is 23.2 Å². The first-order valence-electron chi connectivity index (χ1n) is 7.63. The first-order valence-corrected chi connectivity index (χ1v) is 10.2. The first kappa shape index (κ1) is 18.0. The molecule has 0 saturated heterocycles. The number of aryl methyl sites for hydroxylation is 1. The molecule has 1 N–H and O–H groups in total. The summed E-state index contributed by atoms with van der Waals surface area (Å²) >= 11 is 11.9. The molecule has 0 aliphatic carbocycles. The number of fused-ring (bicyclic) bond motifs is 1.